The van der Waals surface area contributed by atoms with Gasteiger partial charge in [-0.25, -0.2) is 9.78 Å². The number of carbonyl (C=O) groups excluding carboxylic acids is 1. The highest BCUT2D eigenvalue weighted by Gasteiger charge is 2.34. The van der Waals surface area contributed by atoms with Crippen LogP contribution in [0.2, 0.25) is 0 Å². The molecule has 1 aliphatic rings. The number of ether oxygens (including phenoxy) is 1. The van der Waals surface area contributed by atoms with Crippen LogP contribution in [0.25, 0.3) is 33.2 Å². The first-order chi connectivity index (χ1) is 20.0. The van der Waals surface area contributed by atoms with Crippen molar-refractivity contribution in [3.63, 3.8) is 0 Å². The summed E-state index contributed by atoms with van der Waals surface area (Å²) in [5.41, 5.74) is 6.95. The van der Waals surface area contributed by atoms with Crippen molar-refractivity contribution in [2.45, 2.75) is 93.2 Å². The molecular formula is C37H46N4O2. The van der Waals surface area contributed by atoms with Crippen molar-refractivity contribution < 1.29 is 9.53 Å². The summed E-state index contributed by atoms with van der Waals surface area (Å²) < 4.78 is 5.56. The summed E-state index contributed by atoms with van der Waals surface area (Å²) >= 11 is 0. The van der Waals surface area contributed by atoms with Crippen molar-refractivity contribution in [1.82, 2.24) is 15.3 Å². The van der Waals surface area contributed by atoms with Crippen molar-refractivity contribution in [3.8, 4) is 22.4 Å². The molecule has 43 heavy (non-hydrogen) atoms. The number of benzene rings is 3. The Morgan fingerprint density at radius 3 is 2.07 bits per heavy atom. The first kappa shape index (κ1) is 30.5. The van der Waals surface area contributed by atoms with Gasteiger partial charge < -0.3 is 15.0 Å². The second kappa shape index (κ2) is 11.0. The van der Waals surface area contributed by atoms with E-state index in [2.05, 4.69) is 118 Å². The number of hydrogen-bond donors (Lipinski definition) is 2. The first-order valence-electron chi connectivity index (χ1n) is 15.3. The number of aromatic amines is 1. The van der Waals surface area contributed by atoms with Gasteiger partial charge in [0, 0.05) is 23.6 Å². The summed E-state index contributed by atoms with van der Waals surface area (Å²) in [6, 6.07) is 19.4. The number of imidazole rings is 1. The summed E-state index contributed by atoms with van der Waals surface area (Å²) in [4.78, 5) is 25.9. The Morgan fingerprint density at radius 1 is 0.837 bits per heavy atom. The van der Waals surface area contributed by atoms with E-state index < -0.39 is 11.7 Å². The molecule has 0 saturated carbocycles. The lowest BCUT2D eigenvalue weighted by Gasteiger charge is -2.32. The summed E-state index contributed by atoms with van der Waals surface area (Å²) in [5, 5.41) is 5.47. The maximum Gasteiger partial charge on any atom is 0.408 e. The summed E-state index contributed by atoms with van der Waals surface area (Å²) in [6.45, 7) is 20.9. The van der Waals surface area contributed by atoms with Crippen molar-refractivity contribution in [2.75, 3.05) is 0 Å². The molecule has 1 aromatic heterocycles. The maximum atomic E-state index is 12.7. The number of alkyl carbamates (subject to hydrolysis) is 1. The highest BCUT2D eigenvalue weighted by Crippen LogP contribution is 2.37. The van der Waals surface area contributed by atoms with Crippen LogP contribution in [0.1, 0.15) is 86.5 Å². The zero-order valence-electron chi connectivity index (χ0n) is 27.3. The van der Waals surface area contributed by atoms with Crippen LogP contribution < -0.4 is 5.32 Å². The summed E-state index contributed by atoms with van der Waals surface area (Å²) in [7, 11) is 0. The van der Waals surface area contributed by atoms with E-state index in [0.717, 1.165) is 34.0 Å². The van der Waals surface area contributed by atoms with Crippen LogP contribution in [-0.4, -0.2) is 33.4 Å². The average Bonchev–Trinajstić information content (AvgIpc) is 3.55. The van der Waals surface area contributed by atoms with Crippen LogP contribution in [0.3, 0.4) is 0 Å². The molecule has 0 aliphatic carbocycles. The fourth-order valence-electron chi connectivity index (χ4n) is 5.50. The van der Waals surface area contributed by atoms with Crippen molar-refractivity contribution in [2.24, 2.45) is 15.8 Å². The number of fused-ring (bicyclic) bond motifs is 2. The third-order valence-corrected chi connectivity index (χ3v) is 8.36. The number of carbonyl (C=O) groups is 1. The van der Waals surface area contributed by atoms with Crippen LogP contribution in [0.4, 0.5) is 10.5 Å². The number of nitrogens with one attached hydrogen (secondary N) is 2. The molecule has 0 bridgehead atoms. The molecule has 6 heteroatoms. The predicted octanol–water partition coefficient (Wildman–Crippen LogP) is 9.61. The molecule has 0 unspecified atom stereocenters. The van der Waals surface area contributed by atoms with Crippen LogP contribution in [0.15, 0.2) is 65.8 Å². The third kappa shape index (κ3) is 6.84. The average molecular weight is 579 g/mol. The normalized spacial score (nSPS) is 15.2. The molecule has 5 rings (SSSR count). The number of aromatic nitrogens is 2. The summed E-state index contributed by atoms with van der Waals surface area (Å²) in [6.07, 6.45) is 2.22. The van der Waals surface area contributed by atoms with Crippen LogP contribution in [-0.2, 0) is 11.2 Å². The van der Waals surface area contributed by atoms with E-state index in [1.165, 1.54) is 21.9 Å². The van der Waals surface area contributed by atoms with Gasteiger partial charge in [-0.2, -0.15) is 0 Å². The van der Waals surface area contributed by atoms with Crippen molar-refractivity contribution >= 4 is 28.3 Å². The van der Waals surface area contributed by atoms with Gasteiger partial charge in [-0.05, 0) is 83.3 Å². The molecule has 0 spiro atoms. The number of aliphatic imine (C=N–C) groups is 1. The lowest BCUT2D eigenvalue weighted by Crippen LogP contribution is -2.50. The van der Waals surface area contributed by atoms with Crippen molar-refractivity contribution in [1.29, 1.82) is 0 Å². The van der Waals surface area contributed by atoms with E-state index in [1.54, 1.807) is 0 Å². The van der Waals surface area contributed by atoms with E-state index in [9.17, 15) is 4.79 Å². The second-order valence-electron chi connectivity index (χ2n) is 15.1. The lowest BCUT2D eigenvalue weighted by molar-refractivity contribution is 0.0490. The van der Waals surface area contributed by atoms with Gasteiger partial charge in [0.1, 0.15) is 11.4 Å². The van der Waals surface area contributed by atoms with E-state index in [-0.39, 0.29) is 16.9 Å². The van der Waals surface area contributed by atoms with Gasteiger partial charge in [-0.1, -0.05) is 78.8 Å². The van der Waals surface area contributed by atoms with Gasteiger partial charge in [0.05, 0.1) is 23.6 Å². The Labute approximate surface area is 256 Å². The molecular weight excluding hydrogens is 532 g/mol. The molecule has 2 atom stereocenters. The predicted molar refractivity (Wildman–Crippen MR) is 178 cm³/mol. The number of amides is 1. The molecule has 0 fully saturated rings. The zero-order chi connectivity index (χ0) is 31.3. The minimum absolute atomic E-state index is 0.144. The van der Waals surface area contributed by atoms with Crippen molar-refractivity contribution in [3.05, 3.63) is 72.2 Å². The molecule has 2 heterocycles. The molecule has 0 radical (unpaired) electrons. The smallest absolute Gasteiger partial charge is 0.408 e. The Balaban J connectivity index is 1.35. The quantitative estimate of drug-likeness (QED) is 0.247. The minimum atomic E-state index is -0.559. The van der Waals surface area contributed by atoms with Crippen LogP contribution in [0.5, 0.6) is 0 Å². The number of H-pyrrole nitrogens is 1. The molecule has 6 nitrogen and oxygen atoms in total. The minimum Gasteiger partial charge on any atom is -0.444 e. The lowest BCUT2D eigenvalue weighted by atomic mass is 9.82. The molecule has 2 N–H and O–H groups in total. The molecule has 226 valence electrons. The highest BCUT2D eigenvalue weighted by atomic mass is 16.6. The van der Waals surface area contributed by atoms with Gasteiger partial charge in [0.15, 0.2) is 0 Å². The van der Waals surface area contributed by atoms with E-state index in [1.807, 2.05) is 27.0 Å². The molecule has 1 amide bonds. The summed E-state index contributed by atoms with van der Waals surface area (Å²) in [5.74, 6) is 1.36. The largest absolute Gasteiger partial charge is 0.444 e. The van der Waals surface area contributed by atoms with Gasteiger partial charge >= 0.3 is 6.09 Å². The SMILES string of the molecule is C[C@H](c1ncc(-c2ccc3cc(-c4ccc5c(c4)CC([C@@H](NC(=O)OC(C)(C)C)C(C)(C)C)=N5)ccc3c2)[nH]1)C(C)(C)C. The number of rotatable bonds is 5. The van der Waals surface area contributed by atoms with E-state index in [0.29, 0.717) is 12.3 Å². The van der Waals surface area contributed by atoms with Gasteiger partial charge in [-0.15, -0.1) is 0 Å². The molecule has 1 aliphatic heterocycles. The Morgan fingerprint density at radius 2 is 1.44 bits per heavy atom. The maximum absolute atomic E-state index is 12.7. The highest BCUT2D eigenvalue weighted by molar-refractivity contribution is 6.00. The molecule has 0 saturated heterocycles. The number of nitrogens with zero attached hydrogens (tertiary/aromatic N) is 2. The monoisotopic (exact) mass is 578 g/mol. The standard InChI is InChI=1S/C37H46N4O2/c1-22(35(2,3)4)33-38-21-31(40-33)27-14-13-24-17-23(11-12-25(24)18-27)26-15-16-29-28(19-26)20-30(39-29)32(36(5,6)7)41-34(42)43-37(8,9)10/h11-19,21-22,32H,20H2,1-10H3,(H,38,40)(H,41,42)/t22-,32-/m1/s1. The Kier molecular flexibility index (Phi) is 7.78. The third-order valence-electron chi connectivity index (χ3n) is 8.36. The Hall–Kier alpha value is -3.93. The fraction of sp³-hybridized carbons (Fsp3) is 0.432. The Bertz CT molecular complexity index is 1690. The van der Waals surface area contributed by atoms with Gasteiger partial charge in [0.2, 0.25) is 0 Å². The first-order valence-corrected chi connectivity index (χ1v) is 15.3. The second-order valence-corrected chi connectivity index (χ2v) is 15.1. The molecule has 4 aromatic rings. The van der Waals surface area contributed by atoms with Gasteiger partial charge in [0.25, 0.3) is 0 Å². The molecule has 3 aromatic carbocycles. The van der Waals surface area contributed by atoms with E-state index in [4.69, 9.17) is 9.73 Å². The van der Waals surface area contributed by atoms with E-state index >= 15 is 0 Å². The number of hydrogen-bond acceptors (Lipinski definition) is 4. The van der Waals surface area contributed by atoms with Crippen LogP contribution >= 0.6 is 0 Å². The zero-order valence-corrected chi connectivity index (χ0v) is 27.3. The van der Waals surface area contributed by atoms with Gasteiger partial charge in [-0.3, -0.25) is 4.99 Å². The van der Waals surface area contributed by atoms with Crippen LogP contribution in [0, 0.1) is 10.8 Å². The fourth-order valence-corrected chi connectivity index (χ4v) is 5.50. The topological polar surface area (TPSA) is 79.4 Å².